The van der Waals surface area contributed by atoms with Gasteiger partial charge in [0.05, 0.1) is 15.7 Å². The number of nitrogens with one attached hydrogen (secondary N) is 4. The third kappa shape index (κ3) is 7.53. The third-order valence-corrected chi connectivity index (χ3v) is 6.88. The Labute approximate surface area is 207 Å². The summed E-state index contributed by atoms with van der Waals surface area (Å²) in [6.45, 7) is 7.34. The van der Waals surface area contributed by atoms with Crippen LogP contribution in [0.3, 0.4) is 0 Å². The number of halogens is 2. The van der Waals surface area contributed by atoms with Gasteiger partial charge in [0.1, 0.15) is 11.6 Å². The van der Waals surface area contributed by atoms with E-state index in [9.17, 15) is 9.18 Å². The molecule has 0 saturated carbocycles. The number of nitrogens with zero attached hydrogens (tertiary/aromatic N) is 3. The van der Waals surface area contributed by atoms with Gasteiger partial charge in [0.15, 0.2) is 0 Å². The molecule has 8 nitrogen and oxygen atoms in total. The Morgan fingerprint density at radius 2 is 2.09 bits per heavy atom. The zero-order valence-electron chi connectivity index (χ0n) is 19.1. The van der Waals surface area contributed by atoms with Crippen molar-refractivity contribution in [3.63, 3.8) is 0 Å². The van der Waals surface area contributed by atoms with Crippen LogP contribution >= 0.6 is 27.9 Å². The molecule has 2 aromatic rings. The van der Waals surface area contributed by atoms with E-state index in [2.05, 4.69) is 65.3 Å². The third-order valence-electron chi connectivity index (χ3n) is 5.18. The summed E-state index contributed by atoms with van der Waals surface area (Å²) < 4.78 is 17.3. The maximum atomic E-state index is 14.3. The molecule has 0 spiro atoms. The standard InChI is InChI=1S/C22H31BrFN7OS/c1-14(2)26-9-12-33-31-10-7-15(8-11-31)28-22-27-13-16(23)20(30-22)29-18-6-4-5-17(24)19(18)21(32)25-3/h4-6,13-15,26H,7-12H2,1-3H3,(H,25,32)(H2,27,28,29,30). The number of carbonyl (C=O) groups excluding carboxylic acids is 1. The highest BCUT2D eigenvalue weighted by atomic mass is 79.9. The Morgan fingerprint density at radius 1 is 1.33 bits per heavy atom. The van der Waals surface area contributed by atoms with Gasteiger partial charge in [0.2, 0.25) is 5.95 Å². The molecule has 1 aliphatic rings. The van der Waals surface area contributed by atoms with Crippen LogP contribution in [0.1, 0.15) is 37.0 Å². The molecular weight excluding hydrogens is 509 g/mol. The highest BCUT2D eigenvalue weighted by molar-refractivity contribution is 9.10. The number of hydrogen-bond acceptors (Lipinski definition) is 8. The molecule has 2 heterocycles. The maximum Gasteiger partial charge on any atom is 0.256 e. The molecule has 0 bridgehead atoms. The molecule has 0 atom stereocenters. The highest BCUT2D eigenvalue weighted by Crippen LogP contribution is 2.28. The molecule has 0 aliphatic carbocycles. The van der Waals surface area contributed by atoms with Crippen molar-refractivity contribution in [1.82, 2.24) is 24.9 Å². The number of aromatic nitrogens is 2. The van der Waals surface area contributed by atoms with Crippen molar-refractivity contribution in [3.05, 3.63) is 40.2 Å². The van der Waals surface area contributed by atoms with Crippen LogP contribution in [0.25, 0.3) is 0 Å². The van der Waals surface area contributed by atoms with Crippen molar-refractivity contribution < 1.29 is 9.18 Å². The predicted molar refractivity (Wildman–Crippen MR) is 137 cm³/mol. The molecule has 0 radical (unpaired) electrons. The molecule has 180 valence electrons. The average Bonchev–Trinajstić information content (AvgIpc) is 2.79. The second-order valence-electron chi connectivity index (χ2n) is 8.05. The Morgan fingerprint density at radius 3 is 2.79 bits per heavy atom. The van der Waals surface area contributed by atoms with E-state index in [-0.39, 0.29) is 11.6 Å². The van der Waals surface area contributed by atoms with Gasteiger partial charge in [0, 0.05) is 50.7 Å². The minimum Gasteiger partial charge on any atom is -0.355 e. The normalized spacial score (nSPS) is 15.0. The predicted octanol–water partition coefficient (Wildman–Crippen LogP) is 4.00. The van der Waals surface area contributed by atoms with E-state index in [4.69, 9.17) is 0 Å². The van der Waals surface area contributed by atoms with Crippen LogP contribution in [0.2, 0.25) is 0 Å². The molecule has 11 heteroatoms. The lowest BCUT2D eigenvalue weighted by molar-refractivity contribution is 0.0960. The van der Waals surface area contributed by atoms with E-state index < -0.39 is 11.7 Å². The van der Waals surface area contributed by atoms with Crippen LogP contribution in [0.4, 0.5) is 21.8 Å². The van der Waals surface area contributed by atoms with Gasteiger partial charge in [-0.2, -0.15) is 4.98 Å². The zero-order chi connectivity index (χ0) is 23.8. The van der Waals surface area contributed by atoms with Crippen molar-refractivity contribution in [2.75, 3.05) is 43.1 Å². The first kappa shape index (κ1) is 25.7. The Hall–Kier alpha value is -1.95. The summed E-state index contributed by atoms with van der Waals surface area (Å²) >= 11 is 5.33. The van der Waals surface area contributed by atoms with E-state index in [1.165, 1.54) is 13.1 Å². The molecule has 0 unspecified atom stereocenters. The molecular formula is C22H31BrFN7OS. The second kappa shape index (κ2) is 12.5. The lowest BCUT2D eigenvalue weighted by Crippen LogP contribution is -2.36. The Kier molecular flexibility index (Phi) is 9.72. The highest BCUT2D eigenvalue weighted by Gasteiger charge is 2.21. The molecule has 1 aromatic carbocycles. The number of carbonyl (C=O) groups is 1. The SMILES string of the molecule is CNC(=O)c1c(F)cccc1Nc1nc(NC2CCN(SCCNC(C)C)CC2)ncc1Br. The van der Waals surface area contributed by atoms with Crippen LogP contribution in [-0.2, 0) is 0 Å². The summed E-state index contributed by atoms with van der Waals surface area (Å²) in [5, 5.41) is 12.4. The Bertz CT molecular complexity index is 941. The summed E-state index contributed by atoms with van der Waals surface area (Å²) in [5.41, 5.74) is 0.269. The van der Waals surface area contributed by atoms with Gasteiger partial charge in [-0.1, -0.05) is 31.9 Å². The van der Waals surface area contributed by atoms with E-state index in [0.29, 0.717) is 28.0 Å². The number of anilines is 3. The maximum absolute atomic E-state index is 14.3. The minimum absolute atomic E-state index is 0.0616. The van der Waals surface area contributed by atoms with E-state index in [1.54, 1.807) is 18.3 Å². The molecule has 4 N–H and O–H groups in total. The first-order valence-electron chi connectivity index (χ1n) is 11.0. The number of benzene rings is 1. The molecule has 33 heavy (non-hydrogen) atoms. The summed E-state index contributed by atoms with van der Waals surface area (Å²) in [6.07, 6.45) is 3.64. The van der Waals surface area contributed by atoms with Crippen molar-refractivity contribution in [2.45, 2.75) is 38.8 Å². The number of amides is 1. The summed E-state index contributed by atoms with van der Waals surface area (Å²) in [7, 11) is 1.47. The van der Waals surface area contributed by atoms with Crippen molar-refractivity contribution >= 4 is 51.2 Å². The monoisotopic (exact) mass is 539 g/mol. The second-order valence-corrected chi connectivity index (χ2v) is 10.1. The molecule has 1 saturated heterocycles. The summed E-state index contributed by atoms with van der Waals surface area (Å²) in [4.78, 5) is 21.1. The largest absolute Gasteiger partial charge is 0.355 e. The van der Waals surface area contributed by atoms with Crippen molar-refractivity contribution in [2.24, 2.45) is 0 Å². The Balaban J connectivity index is 1.59. The van der Waals surface area contributed by atoms with Crippen molar-refractivity contribution in [1.29, 1.82) is 0 Å². The van der Waals surface area contributed by atoms with Gasteiger partial charge in [-0.15, -0.1) is 0 Å². The van der Waals surface area contributed by atoms with Gasteiger partial charge in [-0.3, -0.25) is 9.10 Å². The first-order valence-corrected chi connectivity index (χ1v) is 12.8. The van der Waals surface area contributed by atoms with Gasteiger partial charge < -0.3 is 21.3 Å². The summed E-state index contributed by atoms with van der Waals surface area (Å²) in [6, 6.07) is 5.23. The number of piperidine rings is 1. The fraction of sp³-hybridized carbons (Fsp3) is 0.500. The quantitative estimate of drug-likeness (QED) is 0.266. The molecule has 1 aromatic heterocycles. The lowest BCUT2D eigenvalue weighted by atomic mass is 10.1. The molecule has 1 aliphatic heterocycles. The van der Waals surface area contributed by atoms with Crippen LogP contribution in [0.15, 0.2) is 28.9 Å². The van der Waals surface area contributed by atoms with Gasteiger partial charge in [0.25, 0.3) is 5.91 Å². The summed E-state index contributed by atoms with van der Waals surface area (Å²) in [5.74, 6) is 0.898. The first-order chi connectivity index (χ1) is 15.9. The van der Waals surface area contributed by atoms with E-state index in [0.717, 1.165) is 38.2 Å². The molecule has 1 fully saturated rings. The number of hydrogen-bond donors (Lipinski definition) is 4. The van der Waals surface area contributed by atoms with Gasteiger partial charge in [-0.05, 0) is 40.9 Å². The van der Waals surface area contributed by atoms with Crippen molar-refractivity contribution in [3.8, 4) is 0 Å². The molecule has 1 amide bonds. The van der Waals surface area contributed by atoms with Crippen LogP contribution in [0.5, 0.6) is 0 Å². The minimum atomic E-state index is -0.604. The number of rotatable bonds is 10. The molecule has 3 rings (SSSR count). The lowest BCUT2D eigenvalue weighted by Gasteiger charge is -2.31. The smallest absolute Gasteiger partial charge is 0.256 e. The van der Waals surface area contributed by atoms with Gasteiger partial charge in [-0.25, -0.2) is 9.37 Å². The zero-order valence-corrected chi connectivity index (χ0v) is 21.5. The fourth-order valence-electron chi connectivity index (χ4n) is 3.47. The van der Waals surface area contributed by atoms with Crippen LogP contribution in [-0.4, -0.2) is 64.7 Å². The average molecular weight is 541 g/mol. The van der Waals surface area contributed by atoms with Crippen LogP contribution in [0, 0.1) is 5.82 Å². The van der Waals surface area contributed by atoms with Crippen LogP contribution < -0.4 is 21.3 Å². The topological polar surface area (TPSA) is 94.2 Å². The van der Waals surface area contributed by atoms with E-state index >= 15 is 0 Å². The van der Waals surface area contributed by atoms with Gasteiger partial charge >= 0.3 is 0 Å². The fourth-order valence-corrected chi connectivity index (χ4v) is 4.70. The van der Waals surface area contributed by atoms with E-state index in [1.807, 2.05) is 11.9 Å².